The Bertz CT molecular complexity index is 144. The molecule has 0 radical (unpaired) electrons. The molecule has 0 bridgehead atoms. The molecule has 0 saturated carbocycles. The molecule has 0 aliphatic carbocycles. The largest absolute Gasteiger partial charge is 0.392 e. The van der Waals surface area contributed by atoms with Crippen LogP contribution in [0.15, 0.2) is 0 Å². The van der Waals surface area contributed by atoms with Crippen molar-refractivity contribution in [2.75, 3.05) is 26.4 Å². The molecule has 0 aromatic rings. The maximum atomic E-state index is 9.82. The van der Waals surface area contributed by atoms with Crippen molar-refractivity contribution in [2.24, 2.45) is 5.41 Å². The normalized spacial score (nSPS) is 43.2. The van der Waals surface area contributed by atoms with Gasteiger partial charge in [-0.25, -0.2) is 0 Å². The molecule has 2 unspecified atom stereocenters. The fourth-order valence-electron chi connectivity index (χ4n) is 2.12. The standard InChI is InChI=1S/C9H16O3/c10-8-2-5-12-7-9(8)3-1-4-11-6-9/h8,10H,1-7H2. The van der Waals surface area contributed by atoms with E-state index in [2.05, 4.69) is 0 Å². The first-order valence-corrected chi connectivity index (χ1v) is 4.67. The highest BCUT2D eigenvalue weighted by Crippen LogP contribution is 2.36. The van der Waals surface area contributed by atoms with Crippen LogP contribution in [0.1, 0.15) is 19.3 Å². The third kappa shape index (κ3) is 1.37. The summed E-state index contributed by atoms with van der Waals surface area (Å²) in [6.07, 6.45) is 2.66. The van der Waals surface area contributed by atoms with Gasteiger partial charge < -0.3 is 14.6 Å². The molecule has 0 aromatic carbocycles. The number of rotatable bonds is 0. The van der Waals surface area contributed by atoms with Crippen LogP contribution in [0, 0.1) is 5.41 Å². The van der Waals surface area contributed by atoms with E-state index >= 15 is 0 Å². The van der Waals surface area contributed by atoms with Gasteiger partial charge in [-0.05, 0) is 19.3 Å². The van der Waals surface area contributed by atoms with Crippen molar-refractivity contribution in [3.05, 3.63) is 0 Å². The van der Waals surface area contributed by atoms with E-state index in [0.29, 0.717) is 19.8 Å². The zero-order valence-electron chi connectivity index (χ0n) is 7.29. The molecule has 0 amide bonds. The Morgan fingerprint density at radius 3 is 2.58 bits per heavy atom. The third-order valence-corrected chi connectivity index (χ3v) is 2.98. The zero-order valence-corrected chi connectivity index (χ0v) is 7.29. The summed E-state index contributed by atoms with van der Waals surface area (Å²) in [5.74, 6) is 0. The SMILES string of the molecule is OC1CCOCC12CCCOC2. The summed E-state index contributed by atoms with van der Waals surface area (Å²) in [4.78, 5) is 0. The number of aliphatic hydroxyl groups excluding tert-OH is 1. The molecule has 2 saturated heterocycles. The number of hydrogen-bond donors (Lipinski definition) is 1. The second-order valence-electron chi connectivity index (χ2n) is 3.88. The highest BCUT2D eigenvalue weighted by atomic mass is 16.5. The molecule has 3 nitrogen and oxygen atoms in total. The van der Waals surface area contributed by atoms with Gasteiger partial charge in [-0.15, -0.1) is 0 Å². The van der Waals surface area contributed by atoms with Gasteiger partial charge in [-0.1, -0.05) is 0 Å². The number of ether oxygens (including phenoxy) is 2. The quantitative estimate of drug-likeness (QED) is 0.580. The van der Waals surface area contributed by atoms with E-state index in [1.54, 1.807) is 0 Å². The lowest BCUT2D eigenvalue weighted by Crippen LogP contribution is -2.49. The molecule has 3 heteroatoms. The van der Waals surface area contributed by atoms with E-state index in [9.17, 15) is 5.11 Å². The lowest BCUT2D eigenvalue weighted by atomic mass is 9.76. The molecule has 2 atom stereocenters. The van der Waals surface area contributed by atoms with Gasteiger partial charge in [-0.2, -0.15) is 0 Å². The number of aliphatic hydroxyl groups is 1. The average molecular weight is 172 g/mol. The van der Waals surface area contributed by atoms with Gasteiger partial charge >= 0.3 is 0 Å². The zero-order chi connectivity index (χ0) is 8.44. The molecule has 2 heterocycles. The van der Waals surface area contributed by atoms with Crippen molar-refractivity contribution < 1.29 is 14.6 Å². The van der Waals surface area contributed by atoms with Gasteiger partial charge in [0, 0.05) is 18.6 Å². The first kappa shape index (κ1) is 8.48. The van der Waals surface area contributed by atoms with Crippen LogP contribution < -0.4 is 0 Å². The van der Waals surface area contributed by atoms with Gasteiger partial charge in [0.2, 0.25) is 0 Å². The van der Waals surface area contributed by atoms with Crippen LogP contribution in [-0.4, -0.2) is 37.6 Å². The first-order valence-electron chi connectivity index (χ1n) is 4.67. The molecule has 12 heavy (non-hydrogen) atoms. The van der Waals surface area contributed by atoms with E-state index in [1.807, 2.05) is 0 Å². The van der Waals surface area contributed by atoms with E-state index in [4.69, 9.17) is 9.47 Å². The van der Waals surface area contributed by atoms with Crippen molar-refractivity contribution in [3.63, 3.8) is 0 Å². The molecule has 1 N–H and O–H groups in total. The monoisotopic (exact) mass is 172 g/mol. The Kier molecular flexibility index (Phi) is 2.35. The topological polar surface area (TPSA) is 38.7 Å². The smallest absolute Gasteiger partial charge is 0.0662 e. The number of hydrogen-bond acceptors (Lipinski definition) is 3. The predicted octanol–water partition coefficient (Wildman–Crippen LogP) is 0.564. The second kappa shape index (κ2) is 3.32. The summed E-state index contributed by atoms with van der Waals surface area (Å²) in [5.41, 5.74) is -0.0729. The van der Waals surface area contributed by atoms with Crippen LogP contribution in [0.4, 0.5) is 0 Å². The van der Waals surface area contributed by atoms with Gasteiger partial charge in [0.05, 0.1) is 19.3 Å². The lowest BCUT2D eigenvalue weighted by Gasteiger charge is -2.43. The van der Waals surface area contributed by atoms with Gasteiger partial charge in [0.15, 0.2) is 0 Å². The molecule has 2 rings (SSSR count). The van der Waals surface area contributed by atoms with Crippen LogP contribution in [0.2, 0.25) is 0 Å². The summed E-state index contributed by atoms with van der Waals surface area (Å²) >= 11 is 0. The summed E-state index contributed by atoms with van der Waals surface area (Å²) in [6.45, 7) is 2.89. The fraction of sp³-hybridized carbons (Fsp3) is 1.00. The first-order chi connectivity index (χ1) is 5.83. The minimum atomic E-state index is -0.216. The van der Waals surface area contributed by atoms with E-state index in [0.717, 1.165) is 25.9 Å². The van der Waals surface area contributed by atoms with Crippen LogP contribution in [0.3, 0.4) is 0 Å². The van der Waals surface area contributed by atoms with Crippen LogP contribution >= 0.6 is 0 Å². The summed E-state index contributed by atoms with van der Waals surface area (Å²) in [5, 5.41) is 9.82. The highest BCUT2D eigenvalue weighted by Gasteiger charge is 2.42. The van der Waals surface area contributed by atoms with Crippen molar-refractivity contribution in [3.8, 4) is 0 Å². The summed E-state index contributed by atoms with van der Waals surface area (Å²) < 4.78 is 10.8. The Hall–Kier alpha value is -0.120. The molecule has 2 aliphatic heterocycles. The molecular formula is C9H16O3. The van der Waals surface area contributed by atoms with Crippen molar-refractivity contribution in [1.29, 1.82) is 0 Å². The van der Waals surface area contributed by atoms with E-state index in [-0.39, 0.29) is 11.5 Å². The Labute approximate surface area is 72.7 Å². The summed E-state index contributed by atoms with van der Waals surface area (Å²) in [6, 6.07) is 0. The summed E-state index contributed by atoms with van der Waals surface area (Å²) in [7, 11) is 0. The Morgan fingerprint density at radius 1 is 1.17 bits per heavy atom. The minimum absolute atomic E-state index is 0.0729. The molecule has 2 fully saturated rings. The molecular weight excluding hydrogens is 156 g/mol. The third-order valence-electron chi connectivity index (χ3n) is 2.98. The maximum absolute atomic E-state index is 9.82. The van der Waals surface area contributed by atoms with Crippen LogP contribution in [-0.2, 0) is 9.47 Å². The van der Waals surface area contributed by atoms with Crippen LogP contribution in [0.5, 0.6) is 0 Å². The van der Waals surface area contributed by atoms with E-state index in [1.165, 1.54) is 0 Å². The van der Waals surface area contributed by atoms with Gasteiger partial charge in [0.1, 0.15) is 0 Å². The molecule has 0 aromatic heterocycles. The molecule has 2 aliphatic rings. The lowest BCUT2D eigenvalue weighted by molar-refractivity contribution is -0.154. The Balaban J connectivity index is 2.04. The highest BCUT2D eigenvalue weighted by molar-refractivity contribution is 4.90. The fourth-order valence-corrected chi connectivity index (χ4v) is 2.12. The van der Waals surface area contributed by atoms with Crippen molar-refractivity contribution >= 4 is 0 Å². The van der Waals surface area contributed by atoms with Gasteiger partial charge in [0.25, 0.3) is 0 Å². The molecule has 1 spiro atoms. The molecule has 70 valence electrons. The van der Waals surface area contributed by atoms with E-state index < -0.39 is 0 Å². The second-order valence-corrected chi connectivity index (χ2v) is 3.88. The van der Waals surface area contributed by atoms with Crippen molar-refractivity contribution in [2.45, 2.75) is 25.4 Å². The Morgan fingerprint density at radius 2 is 1.92 bits per heavy atom. The van der Waals surface area contributed by atoms with Gasteiger partial charge in [-0.3, -0.25) is 0 Å². The van der Waals surface area contributed by atoms with Crippen LogP contribution in [0.25, 0.3) is 0 Å². The minimum Gasteiger partial charge on any atom is -0.392 e. The predicted molar refractivity (Wildman–Crippen MR) is 43.9 cm³/mol. The maximum Gasteiger partial charge on any atom is 0.0662 e. The average Bonchev–Trinajstić information content (AvgIpc) is 2.12. The van der Waals surface area contributed by atoms with Crippen molar-refractivity contribution in [1.82, 2.24) is 0 Å².